The van der Waals surface area contributed by atoms with Gasteiger partial charge >= 0.3 is 0 Å². The van der Waals surface area contributed by atoms with Gasteiger partial charge in [-0.15, -0.1) is 0 Å². The highest BCUT2D eigenvalue weighted by molar-refractivity contribution is 5.68. The number of likely N-dealkylation sites (tertiary alicyclic amines) is 1. The Bertz CT molecular complexity index is 588. The van der Waals surface area contributed by atoms with Crippen molar-refractivity contribution in [3.8, 4) is 16.9 Å². The Morgan fingerprint density at radius 2 is 1.81 bits per heavy atom. The number of benzene rings is 2. The molecule has 1 aliphatic rings. The van der Waals surface area contributed by atoms with Crippen LogP contribution < -0.4 is 4.74 Å². The zero-order valence-electron chi connectivity index (χ0n) is 12.7. The Balaban J connectivity index is 1.64. The number of ether oxygens (including phenoxy) is 1. The highest BCUT2D eigenvalue weighted by atomic mass is 16.5. The van der Waals surface area contributed by atoms with E-state index in [-0.39, 0.29) is 0 Å². The summed E-state index contributed by atoms with van der Waals surface area (Å²) in [5.41, 5.74) is 3.81. The monoisotopic (exact) mass is 281 g/mol. The zero-order valence-corrected chi connectivity index (χ0v) is 12.7. The van der Waals surface area contributed by atoms with E-state index in [1.54, 1.807) is 0 Å². The van der Waals surface area contributed by atoms with Gasteiger partial charge < -0.3 is 4.74 Å². The molecule has 0 N–H and O–H groups in total. The lowest BCUT2D eigenvalue weighted by Gasteiger charge is -2.15. The molecule has 3 rings (SSSR count). The summed E-state index contributed by atoms with van der Waals surface area (Å²) in [7, 11) is 0. The Labute approximate surface area is 127 Å². The van der Waals surface area contributed by atoms with Crippen molar-refractivity contribution in [3.63, 3.8) is 0 Å². The van der Waals surface area contributed by atoms with Crippen molar-refractivity contribution < 1.29 is 4.74 Å². The third kappa shape index (κ3) is 3.64. The normalized spacial score (nSPS) is 15.3. The van der Waals surface area contributed by atoms with Gasteiger partial charge in [0, 0.05) is 6.54 Å². The van der Waals surface area contributed by atoms with Crippen LogP contribution in [0.5, 0.6) is 5.75 Å². The van der Waals surface area contributed by atoms with E-state index in [9.17, 15) is 0 Å². The topological polar surface area (TPSA) is 12.5 Å². The summed E-state index contributed by atoms with van der Waals surface area (Å²) in [6, 6.07) is 16.9. The van der Waals surface area contributed by atoms with Gasteiger partial charge in [0.05, 0.1) is 0 Å². The summed E-state index contributed by atoms with van der Waals surface area (Å²) in [6.45, 7) is 6.42. The fourth-order valence-electron chi connectivity index (χ4n) is 2.95. The fraction of sp³-hybridized carbons (Fsp3) is 0.368. The molecule has 21 heavy (non-hydrogen) atoms. The summed E-state index contributed by atoms with van der Waals surface area (Å²) in [5, 5.41) is 0. The average molecular weight is 281 g/mol. The molecule has 0 aromatic heterocycles. The standard InChI is InChI=1S/C19H23NO/c1-16-7-2-3-10-19(16)17-8-6-9-18(15-17)21-14-13-20-11-4-5-12-20/h2-3,6-10,15H,4-5,11-14H2,1H3. The quantitative estimate of drug-likeness (QED) is 0.817. The van der Waals surface area contributed by atoms with Gasteiger partial charge in [0.25, 0.3) is 0 Å². The van der Waals surface area contributed by atoms with Crippen molar-refractivity contribution in [1.82, 2.24) is 4.90 Å². The van der Waals surface area contributed by atoms with Gasteiger partial charge in [0.15, 0.2) is 0 Å². The van der Waals surface area contributed by atoms with Crippen molar-refractivity contribution in [1.29, 1.82) is 0 Å². The second-order valence-corrected chi connectivity index (χ2v) is 5.74. The molecular weight excluding hydrogens is 258 g/mol. The van der Waals surface area contributed by atoms with Crippen LogP contribution in [0.25, 0.3) is 11.1 Å². The number of hydrogen-bond acceptors (Lipinski definition) is 2. The number of aryl methyl sites for hydroxylation is 1. The number of rotatable bonds is 5. The van der Waals surface area contributed by atoms with Crippen molar-refractivity contribution in [2.75, 3.05) is 26.2 Å². The minimum atomic E-state index is 0.775. The lowest BCUT2D eigenvalue weighted by atomic mass is 10.0. The molecule has 110 valence electrons. The molecule has 1 heterocycles. The summed E-state index contributed by atoms with van der Waals surface area (Å²) >= 11 is 0. The van der Waals surface area contributed by atoms with Crippen LogP contribution in [0.3, 0.4) is 0 Å². The summed E-state index contributed by atoms with van der Waals surface area (Å²) in [6.07, 6.45) is 2.67. The first-order valence-electron chi connectivity index (χ1n) is 7.84. The zero-order chi connectivity index (χ0) is 14.5. The molecular formula is C19H23NO. The maximum Gasteiger partial charge on any atom is 0.119 e. The van der Waals surface area contributed by atoms with E-state index in [0.29, 0.717) is 0 Å². The van der Waals surface area contributed by atoms with Gasteiger partial charge in [0.1, 0.15) is 12.4 Å². The largest absolute Gasteiger partial charge is 0.492 e. The fourth-order valence-corrected chi connectivity index (χ4v) is 2.95. The van der Waals surface area contributed by atoms with Crippen LogP contribution in [0.15, 0.2) is 48.5 Å². The molecule has 0 spiro atoms. The molecule has 0 radical (unpaired) electrons. The molecule has 0 amide bonds. The van der Waals surface area contributed by atoms with E-state index in [4.69, 9.17) is 4.74 Å². The van der Waals surface area contributed by atoms with Gasteiger partial charge in [-0.3, -0.25) is 4.90 Å². The Morgan fingerprint density at radius 3 is 2.62 bits per heavy atom. The summed E-state index contributed by atoms with van der Waals surface area (Å²) in [4.78, 5) is 2.48. The lowest BCUT2D eigenvalue weighted by molar-refractivity contribution is 0.238. The van der Waals surface area contributed by atoms with Crippen LogP contribution in [0.2, 0.25) is 0 Å². The van der Waals surface area contributed by atoms with Crippen LogP contribution in [-0.2, 0) is 0 Å². The van der Waals surface area contributed by atoms with E-state index < -0.39 is 0 Å². The van der Waals surface area contributed by atoms with Gasteiger partial charge in [-0.2, -0.15) is 0 Å². The van der Waals surface area contributed by atoms with Gasteiger partial charge in [0.2, 0.25) is 0 Å². The molecule has 1 aliphatic heterocycles. The maximum absolute atomic E-state index is 5.93. The molecule has 2 aromatic rings. The maximum atomic E-state index is 5.93. The average Bonchev–Trinajstić information content (AvgIpc) is 3.01. The Kier molecular flexibility index (Phi) is 4.56. The van der Waals surface area contributed by atoms with Crippen LogP contribution in [0.1, 0.15) is 18.4 Å². The van der Waals surface area contributed by atoms with Crippen molar-refractivity contribution >= 4 is 0 Å². The molecule has 0 aliphatic carbocycles. The third-order valence-corrected chi connectivity index (χ3v) is 4.17. The van der Waals surface area contributed by atoms with Crippen molar-refractivity contribution in [2.45, 2.75) is 19.8 Å². The van der Waals surface area contributed by atoms with Crippen molar-refractivity contribution in [3.05, 3.63) is 54.1 Å². The second-order valence-electron chi connectivity index (χ2n) is 5.74. The molecule has 2 aromatic carbocycles. The number of hydrogen-bond donors (Lipinski definition) is 0. The highest BCUT2D eigenvalue weighted by Crippen LogP contribution is 2.26. The summed E-state index contributed by atoms with van der Waals surface area (Å²) in [5.74, 6) is 0.968. The predicted molar refractivity (Wildman–Crippen MR) is 87.8 cm³/mol. The first-order valence-corrected chi connectivity index (χ1v) is 7.84. The van der Waals surface area contributed by atoms with E-state index in [1.165, 1.54) is 42.6 Å². The van der Waals surface area contributed by atoms with Crippen molar-refractivity contribution in [2.24, 2.45) is 0 Å². The molecule has 2 nitrogen and oxygen atoms in total. The summed E-state index contributed by atoms with van der Waals surface area (Å²) < 4.78 is 5.93. The van der Waals surface area contributed by atoms with Crippen LogP contribution in [0, 0.1) is 6.92 Å². The predicted octanol–water partition coefficient (Wildman–Crippen LogP) is 4.14. The molecule has 1 fully saturated rings. The SMILES string of the molecule is Cc1ccccc1-c1cccc(OCCN2CCCC2)c1. The molecule has 2 heteroatoms. The highest BCUT2D eigenvalue weighted by Gasteiger charge is 2.10. The van der Waals surface area contributed by atoms with Gasteiger partial charge in [-0.05, 0) is 61.7 Å². The van der Waals surface area contributed by atoms with E-state index in [0.717, 1.165) is 18.9 Å². The van der Waals surface area contributed by atoms with Crippen LogP contribution in [0.4, 0.5) is 0 Å². The molecule has 1 saturated heterocycles. The van der Waals surface area contributed by atoms with E-state index >= 15 is 0 Å². The van der Waals surface area contributed by atoms with Gasteiger partial charge in [-0.25, -0.2) is 0 Å². The second kappa shape index (κ2) is 6.77. The Hall–Kier alpha value is -1.80. The lowest BCUT2D eigenvalue weighted by Crippen LogP contribution is -2.25. The molecule has 0 saturated carbocycles. The molecule has 0 bridgehead atoms. The first kappa shape index (κ1) is 14.2. The van der Waals surface area contributed by atoms with E-state index in [1.807, 2.05) is 6.07 Å². The number of nitrogens with zero attached hydrogens (tertiary/aromatic N) is 1. The Morgan fingerprint density at radius 1 is 1.00 bits per heavy atom. The first-order chi connectivity index (χ1) is 10.3. The smallest absolute Gasteiger partial charge is 0.119 e. The minimum absolute atomic E-state index is 0.775. The van der Waals surface area contributed by atoms with Gasteiger partial charge in [-0.1, -0.05) is 36.4 Å². The molecule has 0 atom stereocenters. The molecule has 0 unspecified atom stereocenters. The van der Waals surface area contributed by atoms with Crippen LogP contribution >= 0.6 is 0 Å². The van der Waals surface area contributed by atoms with Crippen LogP contribution in [-0.4, -0.2) is 31.1 Å². The van der Waals surface area contributed by atoms with E-state index in [2.05, 4.69) is 54.3 Å². The third-order valence-electron chi connectivity index (χ3n) is 4.17. The minimum Gasteiger partial charge on any atom is -0.492 e.